The predicted octanol–water partition coefficient (Wildman–Crippen LogP) is 9.24. The number of Topliss-reactive ketones (excluding diaryl/α,β-unsaturated/α-hetero) is 1. The molecule has 2 aromatic heterocycles. The number of anilines is 1. The lowest BCUT2D eigenvalue weighted by molar-refractivity contribution is -0.118. The third-order valence-corrected chi connectivity index (χ3v) is 14.6. The van der Waals surface area contributed by atoms with Gasteiger partial charge in [-0.2, -0.15) is 9.59 Å². The maximum Gasteiger partial charge on any atom is 0.319 e. The van der Waals surface area contributed by atoms with Gasteiger partial charge >= 0.3 is 6.03 Å². The van der Waals surface area contributed by atoms with E-state index in [1.54, 1.807) is 24.3 Å². The van der Waals surface area contributed by atoms with Crippen molar-refractivity contribution in [3.8, 4) is 22.8 Å². The first-order chi connectivity index (χ1) is 37.9. The highest BCUT2D eigenvalue weighted by atomic mass is 35.5. The molecular weight excluding hydrogens is 1080 g/mol. The Morgan fingerprint density at radius 1 is 0.603 bits per heavy atom. The standard InChI is InChI=1S/C56H62Cl4N12O6/c1-69-33-48(46-29-42(57)31-52(59)50(46)35-69)38-6-3-8-40(27-38)54-63-67-71(65-54)16-20-77-24-22-75-18-5-10-45(73)26-37-11-13-44(14-12-37)62-56(74)61-15-19-76-23-25-78-21-17-72-66-55(64-68-72)41-9-4-7-39(28-41)49-34-70(2)36-51-47(49)30-43(58)32-53(51)60/h3-4,6-9,11-14,27-32,48-49H,5,10,15-26,33-36H2,1-2H3,(H2,61,62,74)/t48-,49-/m0/s1. The van der Waals surface area contributed by atoms with E-state index in [1.807, 2.05) is 48.5 Å². The second-order valence-corrected chi connectivity index (χ2v) is 21.1. The summed E-state index contributed by atoms with van der Waals surface area (Å²) in [5.41, 5.74) is 9.96. The third kappa shape index (κ3) is 15.7. The van der Waals surface area contributed by atoms with E-state index in [0.29, 0.717) is 129 Å². The van der Waals surface area contributed by atoms with Crippen LogP contribution in [0.15, 0.2) is 97.1 Å². The fourth-order valence-corrected chi connectivity index (χ4v) is 10.8. The number of likely N-dealkylation sites (N-methyl/N-ethyl adjacent to an activating group) is 2. The lowest BCUT2D eigenvalue weighted by Crippen LogP contribution is -2.31. The summed E-state index contributed by atoms with van der Waals surface area (Å²) in [6.07, 6.45) is 1.31. The Labute approximate surface area is 473 Å². The van der Waals surface area contributed by atoms with Gasteiger partial charge in [-0.3, -0.25) is 4.79 Å². The van der Waals surface area contributed by atoms with E-state index >= 15 is 0 Å². The number of fused-ring (bicyclic) bond motifs is 2. The average molecular weight is 1140 g/mol. The SMILES string of the molecule is CN1Cc2c(Cl)cc(Cl)cc2[C@H](c2cccc(-c3nnn(CCOCCOCCCC(=O)Cc4ccc(NC(=O)NCCOCCOCCn5nnc(-c6cccc([C@@H]7CN(C)Cc8c(Cl)cc(Cl)cc87)c6)n5)cc4)n3)c2)C1. The summed E-state index contributed by atoms with van der Waals surface area (Å²) in [6.45, 7) is 7.48. The summed E-state index contributed by atoms with van der Waals surface area (Å²) in [7, 11) is 4.18. The maximum absolute atomic E-state index is 12.7. The lowest BCUT2D eigenvalue weighted by atomic mass is 9.84. The van der Waals surface area contributed by atoms with E-state index in [9.17, 15) is 9.59 Å². The topological polar surface area (TPSA) is 189 Å². The molecule has 5 aromatic carbocycles. The van der Waals surface area contributed by atoms with Gasteiger partial charge in [-0.25, -0.2) is 4.79 Å². The van der Waals surface area contributed by atoms with E-state index in [4.69, 9.17) is 65.4 Å². The number of aromatic nitrogens is 8. The fraction of sp³-hybridized carbons (Fsp3) is 0.393. The van der Waals surface area contributed by atoms with Crippen molar-refractivity contribution in [3.63, 3.8) is 0 Å². The van der Waals surface area contributed by atoms with Crippen LogP contribution in [0.1, 0.15) is 63.6 Å². The van der Waals surface area contributed by atoms with Crippen LogP contribution in [-0.4, -0.2) is 149 Å². The average Bonchev–Trinajstić information content (AvgIpc) is 4.14. The van der Waals surface area contributed by atoms with Crippen LogP contribution in [0.5, 0.6) is 0 Å². The number of halogens is 4. The van der Waals surface area contributed by atoms with E-state index in [1.165, 1.54) is 9.59 Å². The zero-order valence-electron chi connectivity index (χ0n) is 43.6. The van der Waals surface area contributed by atoms with Gasteiger partial charge in [-0.1, -0.05) is 94.9 Å². The van der Waals surface area contributed by atoms with Crippen molar-refractivity contribution < 1.29 is 28.5 Å². The van der Waals surface area contributed by atoms with Gasteiger partial charge in [-0.05, 0) is 118 Å². The highest BCUT2D eigenvalue weighted by molar-refractivity contribution is 6.35. The van der Waals surface area contributed by atoms with Crippen LogP contribution in [0.25, 0.3) is 22.8 Å². The summed E-state index contributed by atoms with van der Waals surface area (Å²) in [4.78, 5) is 32.7. The number of hydrogen-bond donors (Lipinski definition) is 2. The molecule has 9 rings (SSSR count). The molecule has 2 aliphatic rings. The number of ether oxygens (including phenoxy) is 4. The molecule has 410 valence electrons. The second-order valence-electron chi connectivity index (χ2n) is 19.4. The number of benzene rings is 5. The molecule has 78 heavy (non-hydrogen) atoms. The first kappa shape index (κ1) is 56.8. The van der Waals surface area contributed by atoms with Gasteiger partial charge in [0.05, 0.1) is 59.3 Å². The fourth-order valence-electron chi connectivity index (χ4n) is 9.70. The molecule has 4 heterocycles. The first-order valence-corrected chi connectivity index (χ1v) is 27.5. The van der Waals surface area contributed by atoms with Crippen LogP contribution < -0.4 is 10.6 Å². The molecule has 2 aliphatic heterocycles. The molecule has 0 fully saturated rings. The summed E-state index contributed by atoms with van der Waals surface area (Å²) >= 11 is 26.0. The van der Waals surface area contributed by atoms with Gasteiger partial charge < -0.3 is 39.4 Å². The molecule has 2 atom stereocenters. The first-order valence-electron chi connectivity index (χ1n) is 26.0. The highest BCUT2D eigenvalue weighted by Gasteiger charge is 2.29. The summed E-state index contributed by atoms with van der Waals surface area (Å²) < 4.78 is 22.8. The number of nitrogens with zero attached hydrogens (tertiary/aromatic N) is 10. The number of carbonyl (C=O) groups is 2. The number of rotatable bonds is 26. The van der Waals surface area contributed by atoms with Crippen LogP contribution in [0.2, 0.25) is 20.1 Å². The minimum absolute atomic E-state index is 0.0995. The molecule has 18 nitrogen and oxygen atoms in total. The van der Waals surface area contributed by atoms with Crippen molar-refractivity contribution in [1.82, 2.24) is 55.5 Å². The highest BCUT2D eigenvalue weighted by Crippen LogP contribution is 2.41. The number of hydrogen-bond acceptors (Lipinski definition) is 14. The number of nitrogens with one attached hydrogen (secondary N) is 2. The largest absolute Gasteiger partial charge is 0.379 e. The third-order valence-electron chi connectivity index (χ3n) is 13.5. The summed E-state index contributed by atoms with van der Waals surface area (Å²) in [5.74, 6) is 1.38. The van der Waals surface area contributed by atoms with E-state index in [-0.39, 0.29) is 23.7 Å². The zero-order chi connectivity index (χ0) is 54.4. The molecule has 0 unspecified atom stereocenters. The summed E-state index contributed by atoms with van der Waals surface area (Å²) in [5, 5.41) is 34.4. The normalized spacial score (nSPS) is 15.5. The Hall–Kier alpha value is -5.90. The lowest BCUT2D eigenvalue weighted by Gasteiger charge is -2.33. The number of tetrazole rings is 2. The van der Waals surface area contributed by atoms with Crippen molar-refractivity contribution in [3.05, 3.63) is 156 Å². The van der Waals surface area contributed by atoms with E-state index in [2.05, 4.69) is 89.6 Å². The van der Waals surface area contributed by atoms with Gasteiger partial charge in [-0.15, -0.1) is 20.4 Å². The van der Waals surface area contributed by atoms with E-state index < -0.39 is 0 Å². The van der Waals surface area contributed by atoms with Crippen molar-refractivity contribution in [2.45, 2.75) is 57.3 Å². The van der Waals surface area contributed by atoms with E-state index in [0.717, 1.165) is 76.3 Å². The molecule has 0 radical (unpaired) electrons. The number of amides is 2. The second kappa shape index (κ2) is 27.8. The maximum atomic E-state index is 12.7. The smallest absolute Gasteiger partial charge is 0.319 e. The Bertz CT molecular complexity index is 2940. The quantitative estimate of drug-likeness (QED) is 0.0488. The summed E-state index contributed by atoms with van der Waals surface area (Å²) in [6, 6.07) is 30.9. The number of ketones is 1. The minimum Gasteiger partial charge on any atom is -0.379 e. The van der Waals surface area contributed by atoms with Crippen molar-refractivity contribution >= 4 is 63.9 Å². The van der Waals surface area contributed by atoms with Gasteiger partial charge in [0.1, 0.15) is 5.78 Å². The zero-order valence-corrected chi connectivity index (χ0v) is 46.6. The molecule has 7 aromatic rings. The monoisotopic (exact) mass is 1140 g/mol. The molecule has 0 saturated carbocycles. The van der Waals surface area contributed by atoms with Crippen LogP contribution in [0, 0.1) is 0 Å². The molecule has 2 amide bonds. The van der Waals surface area contributed by atoms with Gasteiger partial charge in [0.2, 0.25) is 11.6 Å². The Morgan fingerprint density at radius 3 is 1.63 bits per heavy atom. The van der Waals surface area contributed by atoms with Gasteiger partial charge in [0.25, 0.3) is 0 Å². The number of carbonyl (C=O) groups excluding carboxylic acids is 2. The van der Waals surface area contributed by atoms with Gasteiger partial charge in [0.15, 0.2) is 0 Å². The van der Waals surface area contributed by atoms with Crippen molar-refractivity contribution in [2.24, 2.45) is 0 Å². The molecule has 2 N–H and O–H groups in total. The minimum atomic E-state index is -0.356. The Balaban J connectivity index is 0.577. The van der Waals surface area contributed by atoms with Crippen LogP contribution in [-0.2, 0) is 56.3 Å². The molecule has 0 spiro atoms. The van der Waals surface area contributed by atoms with Crippen molar-refractivity contribution in [1.29, 1.82) is 0 Å². The Morgan fingerprint density at radius 2 is 1.10 bits per heavy atom. The molecule has 22 heteroatoms. The Kier molecular flexibility index (Phi) is 20.2. The van der Waals surface area contributed by atoms with Crippen LogP contribution in [0.4, 0.5) is 10.5 Å². The molecular formula is C56H62Cl4N12O6. The van der Waals surface area contributed by atoms with Crippen molar-refractivity contribution in [2.75, 3.05) is 91.9 Å². The predicted molar refractivity (Wildman–Crippen MR) is 300 cm³/mol. The molecule has 0 aliphatic carbocycles. The van der Waals surface area contributed by atoms with Gasteiger partial charge in [0, 0.05) is 101 Å². The number of urea groups is 1. The molecule has 0 saturated heterocycles. The molecule has 0 bridgehead atoms. The van der Waals surface area contributed by atoms with Crippen LogP contribution in [0.3, 0.4) is 0 Å². The van der Waals surface area contributed by atoms with Crippen LogP contribution >= 0.6 is 46.4 Å².